The Morgan fingerprint density at radius 1 is 1.25 bits per heavy atom. The number of carbonyl (C=O) groups is 1. The summed E-state index contributed by atoms with van der Waals surface area (Å²) >= 11 is 0. The van der Waals surface area contributed by atoms with Gasteiger partial charge >= 0.3 is 6.09 Å². The lowest BCUT2D eigenvalue weighted by Crippen LogP contribution is -2.48. The van der Waals surface area contributed by atoms with E-state index in [1.165, 1.54) is 19.3 Å². The number of likely N-dealkylation sites (tertiary alicyclic amines) is 1. The molecule has 0 radical (unpaired) electrons. The number of carbonyl (C=O) groups excluding carboxylic acids is 1. The molecule has 0 bridgehead atoms. The van der Waals surface area contributed by atoms with Gasteiger partial charge in [0.25, 0.3) is 0 Å². The molecule has 5 nitrogen and oxygen atoms in total. The highest BCUT2D eigenvalue weighted by Gasteiger charge is 2.45. The number of hydrogen-bond donors (Lipinski definition) is 1. The van der Waals surface area contributed by atoms with Gasteiger partial charge in [-0.3, -0.25) is 0 Å². The fraction of sp³-hybridized carbons (Fsp3) is 0.609. The van der Waals surface area contributed by atoms with Crippen LogP contribution in [0.25, 0.3) is 11.0 Å². The molecule has 5 heteroatoms. The Balaban J connectivity index is 1.41. The van der Waals surface area contributed by atoms with Gasteiger partial charge in [0.05, 0.1) is 6.54 Å². The van der Waals surface area contributed by atoms with Crippen molar-refractivity contribution in [3.63, 3.8) is 0 Å². The van der Waals surface area contributed by atoms with Gasteiger partial charge in [-0.2, -0.15) is 0 Å². The summed E-state index contributed by atoms with van der Waals surface area (Å²) in [5.74, 6) is 1.54. The molecule has 1 saturated heterocycles. The van der Waals surface area contributed by atoms with E-state index in [1.54, 1.807) is 0 Å². The van der Waals surface area contributed by atoms with Gasteiger partial charge in [0.1, 0.15) is 16.9 Å². The number of ether oxygens (including phenoxy) is 1. The van der Waals surface area contributed by atoms with Crippen LogP contribution in [0, 0.1) is 5.92 Å². The van der Waals surface area contributed by atoms with E-state index in [-0.39, 0.29) is 12.1 Å². The van der Waals surface area contributed by atoms with Crippen molar-refractivity contribution in [3.05, 3.63) is 36.1 Å². The summed E-state index contributed by atoms with van der Waals surface area (Å²) in [5, 5.41) is 4.65. The maximum Gasteiger partial charge on any atom is 0.410 e. The fourth-order valence-electron chi connectivity index (χ4n) is 4.83. The SMILES string of the molecule is CC(C)(C)OC(=O)N1C2CCCCC2C[C@H]1CNCc1cc2ccccc2o1. The van der Waals surface area contributed by atoms with Crippen LogP contribution in [0.5, 0.6) is 0 Å². The zero-order valence-corrected chi connectivity index (χ0v) is 17.2. The molecule has 1 amide bonds. The standard InChI is InChI=1S/C23H32N2O3/c1-23(2,3)28-22(26)25-18(12-16-8-4-6-10-20(16)25)14-24-15-19-13-17-9-5-7-11-21(17)27-19/h5,7,9,11,13,16,18,20,24H,4,6,8,10,12,14-15H2,1-3H3/t16?,18-,20?/m0/s1. The number of amides is 1. The molecule has 2 aromatic rings. The van der Waals surface area contributed by atoms with E-state index in [9.17, 15) is 4.79 Å². The number of nitrogens with zero attached hydrogens (tertiary/aromatic N) is 1. The van der Waals surface area contributed by atoms with Crippen molar-refractivity contribution in [2.75, 3.05) is 6.54 Å². The van der Waals surface area contributed by atoms with Crippen molar-refractivity contribution in [2.24, 2.45) is 5.92 Å². The number of para-hydroxylation sites is 1. The van der Waals surface area contributed by atoms with Crippen LogP contribution in [0.15, 0.2) is 34.7 Å². The summed E-state index contributed by atoms with van der Waals surface area (Å²) < 4.78 is 11.6. The predicted molar refractivity (Wildman–Crippen MR) is 110 cm³/mol. The highest BCUT2D eigenvalue weighted by Crippen LogP contribution is 2.40. The maximum absolute atomic E-state index is 12.9. The Morgan fingerprint density at radius 2 is 2.04 bits per heavy atom. The van der Waals surface area contributed by atoms with Gasteiger partial charge in [-0.05, 0) is 58.1 Å². The van der Waals surface area contributed by atoms with Gasteiger partial charge in [0.2, 0.25) is 0 Å². The second-order valence-corrected chi connectivity index (χ2v) is 9.27. The Kier molecular flexibility index (Phi) is 5.37. The van der Waals surface area contributed by atoms with E-state index in [4.69, 9.17) is 9.15 Å². The minimum Gasteiger partial charge on any atom is -0.460 e. The molecule has 2 aliphatic rings. The summed E-state index contributed by atoms with van der Waals surface area (Å²) in [7, 11) is 0. The first kappa shape index (κ1) is 19.3. The van der Waals surface area contributed by atoms with Crippen LogP contribution in [0.3, 0.4) is 0 Å². The molecule has 4 rings (SSSR count). The zero-order valence-electron chi connectivity index (χ0n) is 17.2. The number of fused-ring (bicyclic) bond motifs is 2. The predicted octanol–water partition coefficient (Wildman–Crippen LogP) is 5.09. The zero-order chi connectivity index (χ0) is 19.7. The Morgan fingerprint density at radius 3 is 2.82 bits per heavy atom. The Labute approximate surface area is 167 Å². The largest absolute Gasteiger partial charge is 0.460 e. The minimum absolute atomic E-state index is 0.155. The summed E-state index contributed by atoms with van der Waals surface area (Å²) in [5.41, 5.74) is 0.456. The molecule has 2 unspecified atom stereocenters. The van der Waals surface area contributed by atoms with Crippen LogP contribution in [0.4, 0.5) is 4.79 Å². The first-order chi connectivity index (χ1) is 13.4. The van der Waals surface area contributed by atoms with Gasteiger partial charge in [0, 0.05) is 24.0 Å². The third kappa shape index (κ3) is 4.19. The number of hydrogen-bond acceptors (Lipinski definition) is 4. The number of nitrogens with one attached hydrogen (secondary N) is 1. The second kappa shape index (κ2) is 7.78. The fourth-order valence-corrected chi connectivity index (χ4v) is 4.83. The number of rotatable bonds is 4. The third-order valence-electron chi connectivity index (χ3n) is 5.95. The lowest BCUT2D eigenvalue weighted by atomic mass is 9.85. The third-order valence-corrected chi connectivity index (χ3v) is 5.95. The number of furan rings is 1. The molecule has 0 spiro atoms. The summed E-state index contributed by atoms with van der Waals surface area (Å²) in [6.07, 6.45) is 5.73. The van der Waals surface area contributed by atoms with Gasteiger partial charge in [0.15, 0.2) is 0 Å². The van der Waals surface area contributed by atoms with Crippen LogP contribution >= 0.6 is 0 Å². The Bertz CT molecular complexity index is 790. The van der Waals surface area contributed by atoms with Crippen molar-refractivity contribution in [1.29, 1.82) is 0 Å². The summed E-state index contributed by atoms with van der Waals surface area (Å²) in [4.78, 5) is 15.0. The molecule has 3 atom stereocenters. The van der Waals surface area contributed by atoms with Crippen LogP contribution in [0.1, 0.15) is 58.6 Å². The van der Waals surface area contributed by atoms with E-state index < -0.39 is 5.60 Å². The smallest absolute Gasteiger partial charge is 0.410 e. The van der Waals surface area contributed by atoms with Crippen LogP contribution in [0.2, 0.25) is 0 Å². The van der Waals surface area contributed by atoms with E-state index in [2.05, 4.69) is 17.4 Å². The van der Waals surface area contributed by atoms with Crippen molar-refractivity contribution in [2.45, 2.75) is 77.1 Å². The molecule has 2 heterocycles. The van der Waals surface area contributed by atoms with Crippen molar-refractivity contribution in [1.82, 2.24) is 10.2 Å². The Hall–Kier alpha value is -2.01. The molecule has 1 saturated carbocycles. The molecule has 28 heavy (non-hydrogen) atoms. The minimum atomic E-state index is -0.462. The van der Waals surface area contributed by atoms with E-state index in [1.807, 2.05) is 43.9 Å². The maximum atomic E-state index is 12.9. The van der Waals surface area contributed by atoms with Crippen molar-refractivity contribution < 1.29 is 13.9 Å². The quantitative estimate of drug-likeness (QED) is 0.798. The number of benzene rings is 1. The molecule has 2 fully saturated rings. The molecule has 152 valence electrons. The molecule has 1 aromatic carbocycles. The lowest BCUT2D eigenvalue weighted by Gasteiger charge is -2.35. The molecule has 1 N–H and O–H groups in total. The van der Waals surface area contributed by atoms with Gasteiger partial charge in [-0.25, -0.2) is 4.79 Å². The average molecular weight is 385 g/mol. The molecule has 1 aliphatic heterocycles. The summed E-state index contributed by atoms with van der Waals surface area (Å²) in [6.45, 7) is 7.25. The normalized spacial score (nSPS) is 25.1. The van der Waals surface area contributed by atoms with Crippen molar-refractivity contribution >= 4 is 17.1 Å². The summed E-state index contributed by atoms with van der Waals surface area (Å²) in [6, 6.07) is 10.7. The topological polar surface area (TPSA) is 54.7 Å². The van der Waals surface area contributed by atoms with Gasteiger partial charge in [-0.15, -0.1) is 0 Å². The van der Waals surface area contributed by atoms with E-state index in [0.717, 1.165) is 36.1 Å². The molecule has 1 aliphatic carbocycles. The highest BCUT2D eigenvalue weighted by atomic mass is 16.6. The van der Waals surface area contributed by atoms with E-state index in [0.29, 0.717) is 18.5 Å². The lowest BCUT2D eigenvalue weighted by molar-refractivity contribution is 0.0104. The average Bonchev–Trinajstić information content (AvgIpc) is 3.20. The van der Waals surface area contributed by atoms with E-state index >= 15 is 0 Å². The molecular formula is C23H32N2O3. The first-order valence-corrected chi connectivity index (χ1v) is 10.6. The van der Waals surface area contributed by atoms with Crippen LogP contribution < -0.4 is 5.32 Å². The molecular weight excluding hydrogens is 352 g/mol. The highest BCUT2D eigenvalue weighted by molar-refractivity contribution is 5.77. The van der Waals surface area contributed by atoms with Crippen molar-refractivity contribution in [3.8, 4) is 0 Å². The monoisotopic (exact) mass is 384 g/mol. The molecule has 1 aromatic heterocycles. The second-order valence-electron chi connectivity index (χ2n) is 9.27. The van der Waals surface area contributed by atoms with Gasteiger partial charge < -0.3 is 19.4 Å². The first-order valence-electron chi connectivity index (χ1n) is 10.6. The van der Waals surface area contributed by atoms with Crippen LogP contribution in [-0.2, 0) is 11.3 Å². The van der Waals surface area contributed by atoms with Gasteiger partial charge in [-0.1, -0.05) is 31.0 Å². The van der Waals surface area contributed by atoms with Crippen LogP contribution in [-0.4, -0.2) is 35.2 Å².